The molecule has 5 aromatic carbocycles. The molecule has 2 N–H and O–H groups in total. The van der Waals surface area contributed by atoms with E-state index in [9.17, 15) is 25.9 Å². The third-order valence-corrected chi connectivity index (χ3v) is 12.9. The van der Waals surface area contributed by atoms with Gasteiger partial charge in [0.25, 0.3) is 0 Å². The summed E-state index contributed by atoms with van der Waals surface area (Å²) in [6, 6.07) is 44.6. The minimum atomic E-state index is -5.89. The van der Waals surface area contributed by atoms with Gasteiger partial charge in [-0.15, -0.1) is 0 Å². The number of allylic oxidation sites excluding steroid dienone is 4. The predicted molar refractivity (Wildman–Crippen MR) is 235 cm³/mol. The van der Waals surface area contributed by atoms with Crippen LogP contribution >= 0.6 is 0 Å². The van der Waals surface area contributed by atoms with Crippen LogP contribution in [0.25, 0.3) is 6.08 Å². The van der Waals surface area contributed by atoms with Crippen molar-refractivity contribution in [3.63, 3.8) is 0 Å². The standard InChI is InChI=1S/C46H36N6O10S2.2Na/c53-63(54,55)46(64(56,57)58)31-35(48-41-30-43(60-37-15-7-2-8-16-37)52-45(50-41)62-39-19-11-4-12-20-39)28-25-33(46)24-21-32-22-26-34(27-23-32)47-40-29-42(59-36-13-5-1-6-14-36)51-44(49-40)61-38-17-9-3-10-18-38;;/h1-30H,31H2,(H,47,49,51)(H,48,50,52)(H,53,54,55)(H,56,57,58);;/q;2*+1/p-2. The zero-order chi connectivity index (χ0) is 44.6. The summed E-state index contributed by atoms with van der Waals surface area (Å²) in [7, 11) is -11.8. The van der Waals surface area contributed by atoms with Crippen LogP contribution in [-0.4, -0.2) is 50.0 Å². The summed E-state index contributed by atoms with van der Waals surface area (Å²) >= 11 is 0. The van der Waals surface area contributed by atoms with Gasteiger partial charge in [0.05, 0.1) is 0 Å². The summed E-state index contributed by atoms with van der Waals surface area (Å²) in [6.45, 7) is 0. The molecule has 2 aromatic heterocycles. The Hall–Kier alpha value is -5.90. The number of hydrogen-bond donors (Lipinski definition) is 2. The van der Waals surface area contributed by atoms with Gasteiger partial charge in [-0.3, -0.25) is 0 Å². The van der Waals surface area contributed by atoms with Gasteiger partial charge < -0.3 is 38.7 Å². The Morgan fingerprint density at radius 1 is 0.500 bits per heavy atom. The largest absolute Gasteiger partial charge is 1.00 e. The number of ether oxygens (including phenoxy) is 4. The van der Waals surface area contributed by atoms with Crippen molar-refractivity contribution in [1.82, 2.24) is 19.9 Å². The molecule has 8 rings (SSSR count). The van der Waals surface area contributed by atoms with Crippen LogP contribution in [0.1, 0.15) is 12.0 Å². The van der Waals surface area contributed by atoms with Crippen molar-refractivity contribution in [2.45, 2.75) is 10.5 Å². The Balaban J connectivity index is 0.00000360. The predicted octanol–water partition coefficient (Wildman–Crippen LogP) is 3.31. The van der Waals surface area contributed by atoms with E-state index < -0.39 is 36.3 Å². The second-order valence-corrected chi connectivity index (χ2v) is 17.2. The molecule has 16 nitrogen and oxygen atoms in total. The van der Waals surface area contributed by atoms with Crippen molar-refractivity contribution in [3.8, 4) is 46.8 Å². The van der Waals surface area contributed by atoms with Crippen LogP contribution in [0.3, 0.4) is 0 Å². The smallest absolute Gasteiger partial charge is 0.746 e. The van der Waals surface area contributed by atoms with Crippen LogP contribution in [0.15, 0.2) is 187 Å². The van der Waals surface area contributed by atoms with E-state index in [2.05, 4.69) is 30.6 Å². The van der Waals surface area contributed by atoms with Crippen LogP contribution < -0.4 is 88.7 Å². The summed E-state index contributed by atoms with van der Waals surface area (Å²) < 4.78 is 98.1. The van der Waals surface area contributed by atoms with E-state index in [0.29, 0.717) is 40.1 Å². The third kappa shape index (κ3) is 12.5. The number of aromatic nitrogens is 4. The number of rotatable bonds is 16. The second kappa shape index (κ2) is 22.1. The Kier molecular flexibility index (Phi) is 16.6. The average molecular weight is 941 g/mol. The summed E-state index contributed by atoms with van der Waals surface area (Å²) in [6.07, 6.45) is 3.83. The van der Waals surface area contributed by atoms with Gasteiger partial charge in [0.15, 0.2) is 4.08 Å². The fourth-order valence-electron chi connectivity index (χ4n) is 6.30. The molecule has 1 aliphatic carbocycles. The van der Waals surface area contributed by atoms with Crippen molar-refractivity contribution in [1.29, 1.82) is 0 Å². The molecule has 0 atom stereocenters. The second-order valence-electron chi connectivity index (χ2n) is 13.8. The number of nitrogens with zero attached hydrogens (tertiary/aromatic N) is 4. The molecule has 0 saturated heterocycles. The van der Waals surface area contributed by atoms with E-state index >= 15 is 0 Å². The van der Waals surface area contributed by atoms with Gasteiger partial charge in [-0.05, 0) is 77.9 Å². The van der Waals surface area contributed by atoms with Gasteiger partial charge in [0.2, 0.25) is 11.8 Å². The molecule has 322 valence electrons. The van der Waals surface area contributed by atoms with Gasteiger partial charge >= 0.3 is 71.1 Å². The summed E-state index contributed by atoms with van der Waals surface area (Å²) in [5.74, 6) is 2.37. The molecule has 1 aliphatic rings. The third-order valence-electron chi connectivity index (χ3n) is 9.26. The van der Waals surface area contributed by atoms with Crippen LogP contribution in [0, 0.1) is 0 Å². The van der Waals surface area contributed by atoms with Crippen molar-refractivity contribution in [2.75, 3.05) is 10.6 Å². The summed E-state index contributed by atoms with van der Waals surface area (Å²) in [4.78, 5) is 17.5. The minimum Gasteiger partial charge on any atom is -0.746 e. The van der Waals surface area contributed by atoms with Gasteiger partial charge in [-0.25, -0.2) is 16.8 Å². The maximum atomic E-state index is 13.0. The van der Waals surface area contributed by atoms with Crippen LogP contribution in [0.4, 0.5) is 17.3 Å². The SMILES string of the molecule is O=S(=O)([O-])C1(S(=O)(=O)[O-])CC(Nc2cc(Oc3ccccc3)nc(Oc3ccccc3)n2)=CC=C1C=Cc1ccc(Nc2cc(Oc3ccccc3)nc(Oc3ccccc3)n2)cc1.[Na+].[Na+]. The summed E-state index contributed by atoms with van der Waals surface area (Å²) in [5, 5.41) is 6.00. The number of anilines is 3. The van der Waals surface area contributed by atoms with Gasteiger partial charge in [-0.2, -0.15) is 19.9 Å². The van der Waals surface area contributed by atoms with Crippen LogP contribution in [0.2, 0.25) is 0 Å². The quantitative estimate of drug-likeness (QED) is 0.105. The Bertz CT molecular complexity index is 2930. The molecule has 2 heterocycles. The molecular formula is C46H34N6Na2O10S2. The number of hydrogen-bond acceptors (Lipinski definition) is 16. The Morgan fingerprint density at radius 2 is 0.909 bits per heavy atom. The summed E-state index contributed by atoms with van der Waals surface area (Å²) in [5.41, 5.74) is 0.315. The normalized spacial score (nSPS) is 13.2. The Morgan fingerprint density at radius 3 is 1.33 bits per heavy atom. The maximum absolute atomic E-state index is 13.0. The molecular weight excluding hydrogens is 907 g/mol. The van der Waals surface area contributed by atoms with E-state index in [-0.39, 0.29) is 94.4 Å². The molecule has 0 saturated carbocycles. The fourth-order valence-corrected chi connectivity index (χ4v) is 8.82. The van der Waals surface area contributed by atoms with Crippen molar-refractivity contribution >= 4 is 43.6 Å². The molecule has 0 amide bonds. The first-order valence-electron chi connectivity index (χ1n) is 19.2. The van der Waals surface area contributed by atoms with E-state index in [1.165, 1.54) is 18.2 Å². The molecule has 0 fully saturated rings. The molecule has 0 aliphatic heterocycles. The van der Waals surface area contributed by atoms with Crippen molar-refractivity contribution in [3.05, 3.63) is 193 Å². The molecule has 0 bridgehead atoms. The monoisotopic (exact) mass is 940 g/mol. The maximum Gasteiger partial charge on any atom is 1.00 e. The first-order chi connectivity index (χ1) is 30.9. The van der Waals surface area contributed by atoms with Gasteiger partial charge in [-0.1, -0.05) is 103 Å². The first kappa shape index (κ1) is 49.5. The molecule has 0 radical (unpaired) electrons. The average Bonchev–Trinajstić information content (AvgIpc) is 3.27. The first-order valence-corrected chi connectivity index (χ1v) is 22.0. The minimum absolute atomic E-state index is 0. The molecule has 7 aromatic rings. The van der Waals surface area contributed by atoms with E-state index in [0.717, 1.165) is 12.2 Å². The van der Waals surface area contributed by atoms with E-state index in [4.69, 9.17) is 18.9 Å². The molecule has 0 unspecified atom stereocenters. The zero-order valence-corrected chi connectivity index (χ0v) is 40.8. The molecule has 66 heavy (non-hydrogen) atoms. The molecule has 0 spiro atoms. The van der Waals surface area contributed by atoms with Crippen molar-refractivity contribution in [2.24, 2.45) is 0 Å². The van der Waals surface area contributed by atoms with Crippen LogP contribution in [-0.2, 0) is 20.2 Å². The van der Waals surface area contributed by atoms with Gasteiger partial charge in [0.1, 0.15) is 54.9 Å². The zero-order valence-electron chi connectivity index (χ0n) is 35.2. The topological polar surface area (TPSA) is 227 Å². The van der Waals surface area contributed by atoms with Gasteiger partial charge in [0, 0.05) is 29.9 Å². The molecule has 20 heteroatoms. The van der Waals surface area contributed by atoms with E-state index in [1.54, 1.807) is 115 Å². The Labute approximate surface area is 424 Å². The van der Waals surface area contributed by atoms with E-state index in [1.807, 2.05) is 36.4 Å². The number of benzene rings is 5. The van der Waals surface area contributed by atoms with Crippen LogP contribution in [0.5, 0.6) is 46.8 Å². The number of para-hydroxylation sites is 4. The fraction of sp³-hybridized carbons (Fsp3) is 0.0435. The number of nitrogens with one attached hydrogen (secondary N) is 2. The van der Waals surface area contributed by atoms with Crippen molar-refractivity contribution < 1.29 is 104 Å².